The van der Waals surface area contributed by atoms with Gasteiger partial charge in [0.2, 0.25) is 0 Å². The molecule has 0 bridgehead atoms. The summed E-state index contributed by atoms with van der Waals surface area (Å²) < 4.78 is 6.52. The molecule has 0 unspecified atom stereocenters. The van der Waals surface area contributed by atoms with Gasteiger partial charge in [0.1, 0.15) is 0 Å². The van der Waals surface area contributed by atoms with Gasteiger partial charge < -0.3 is 9.72 Å². The van der Waals surface area contributed by atoms with Crippen molar-refractivity contribution in [1.29, 1.82) is 0 Å². The molecule has 0 fully saturated rings. The second-order valence-corrected chi connectivity index (χ2v) is 5.95. The van der Waals surface area contributed by atoms with Crippen molar-refractivity contribution in [1.82, 2.24) is 9.55 Å². The number of aromatic amines is 1. The molecular formula is C18H16N2O3S. The van der Waals surface area contributed by atoms with Crippen molar-refractivity contribution in [2.75, 3.05) is 7.11 Å². The molecule has 2 aromatic carbocycles. The Balaban J connectivity index is 2.10. The highest BCUT2D eigenvalue weighted by Gasteiger charge is 2.10. The number of aromatic nitrogens is 2. The summed E-state index contributed by atoms with van der Waals surface area (Å²) in [5.74, 6) is -0.458. The number of aryl methyl sites for hydroxylation is 1. The van der Waals surface area contributed by atoms with Crippen molar-refractivity contribution in [3.63, 3.8) is 0 Å². The Kier molecular flexibility index (Phi) is 4.31. The van der Waals surface area contributed by atoms with E-state index in [4.69, 9.17) is 17.0 Å². The van der Waals surface area contributed by atoms with Gasteiger partial charge in [-0.15, -0.1) is 0 Å². The van der Waals surface area contributed by atoms with Gasteiger partial charge in [0.15, 0.2) is 4.77 Å². The van der Waals surface area contributed by atoms with Crippen LogP contribution in [0.3, 0.4) is 0 Å². The van der Waals surface area contributed by atoms with Crippen LogP contribution in [0, 0.1) is 11.7 Å². The zero-order valence-corrected chi connectivity index (χ0v) is 14.1. The Morgan fingerprint density at radius 1 is 1.21 bits per heavy atom. The molecule has 0 amide bonds. The summed E-state index contributed by atoms with van der Waals surface area (Å²) in [6.45, 7) is 2.40. The zero-order valence-electron chi connectivity index (χ0n) is 13.3. The molecule has 0 aliphatic carbocycles. The summed E-state index contributed by atoms with van der Waals surface area (Å²) in [5.41, 5.74) is 2.85. The minimum Gasteiger partial charge on any atom is -0.465 e. The SMILES string of the molecule is COC(=O)c1ccc2c(=O)n(Cc3ccc(C)cc3)c(=S)[nH]c2c1. The topological polar surface area (TPSA) is 64.1 Å². The average Bonchev–Trinajstić information content (AvgIpc) is 2.59. The third kappa shape index (κ3) is 3.00. The van der Waals surface area contributed by atoms with E-state index in [1.807, 2.05) is 31.2 Å². The molecular weight excluding hydrogens is 324 g/mol. The Hall–Kier alpha value is -2.73. The molecule has 0 saturated carbocycles. The highest BCUT2D eigenvalue weighted by Crippen LogP contribution is 2.12. The fourth-order valence-corrected chi connectivity index (χ4v) is 2.78. The van der Waals surface area contributed by atoms with E-state index in [2.05, 4.69) is 4.98 Å². The highest BCUT2D eigenvalue weighted by molar-refractivity contribution is 7.71. The first-order valence-electron chi connectivity index (χ1n) is 7.40. The maximum Gasteiger partial charge on any atom is 0.337 e. The first kappa shape index (κ1) is 16.1. The molecule has 1 aromatic heterocycles. The fourth-order valence-electron chi connectivity index (χ4n) is 2.52. The lowest BCUT2D eigenvalue weighted by Crippen LogP contribution is -2.23. The minimum absolute atomic E-state index is 0.189. The van der Waals surface area contributed by atoms with Crippen molar-refractivity contribution in [2.24, 2.45) is 0 Å². The molecule has 1 N–H and O–H groups in total. The molecule has 0 spiro atoms. The van der Waals surface area contributed by atoms with Crippen molar-refractivity contribution >= 4 is 29.1 Å². The minimum atomic E-state index is -0.458. The van der Waals surface area contributed by atoms with Gasteiger partial charge in [0, 0.05) is 0 Å². The van der Waals surface area contributed by atoms with E-state index < -0.39 is 5.97 Å². The van der Waals surface area contributed by atoms with Crippen LogP contribution in [0.2, 0.25) is 0 Å². The van der Waals surface area contributed by atoms with Crippen molar-refractivity contribution in [3.05, 3.63) is 74.3 Å². The molecule has 6 heteroatoms. The number of rotatable bonds is 3. The molecule has 0 radical (unpaired) electrons. The van der Waals surface area contributed by atoms with Crippen LogP contribution in [0.5, 0.6) is 0 Å². The Morgan fingerprint density at radius 3 is 2.58 bits per heavy atom. The largest absolute Gasteiger partial charge is 0.465 e. The van der Waals surface area contributed by atoms with Gasteiger partial charge in [0.25, 0.3) is 5.56 Å². The van der Waals surface area contributed by atoms with Gasteiger partial charge in [0.05, 0.1) is 30.1 Å². The number of benzene rings is 2. The molecule has 24 heavy (non-hydrogen) atoms. The maximum absolute atomic E-state index is 12.7. The predicted octanol–water partition coefficient (Wildman–Crippen LogP) is 3.20. The first-order valence-corrected chi connectivity index (χ1v) is 7.81. The number of hydrogen-bond acceptors (Lipinski definition) is 4. The normalized spacial score (nSPS) is 10.8. The van der Waals surface area contributed by atoms with Gasteiger partial charge in [-0.3, -0.25) is 9.36 Å². The van der Waals surface area contributed by atoms with Crippen LogP contribution in [-0.2, 0) is 11.3 Å². The second kappa shape index (κ2) is 6.41. The van der Waals surface area contributed by atoms with E-state index in [1.165, 1.54) is 11.7 Å². The van der Waals surface area contributed by atoms with Gasteiger partial charge in [-0.1, -0.05) is 29.8 Å². The molecule has 122 valence electrons. The third-order valence-corrected chi connectivity index (χ3v) is 4.19. The molecule has 1 heterocycles. The number of methoxy groups -OCH3 is 1. The smallest absolute Gasteiger partial charge is 0.337 e. The van der Waals surface area contributed by atoms with Gasteiger partial charge in [-0.05, 0) is 42.9 Å². The van der Waals surface area contributed by atoms with Crippen molar-refractivity contribution in [3.8, 4) is 0 Å². The van der Waals surface area contributed by atoms with Crippen LogP contribution >= 0.6 is 12.2 Å². The van der Waals surface area contributed by atoms with E-state index in [-0.39, 0.29) is 5.56 Å². The molecule has 0 saturated heterocycles. The number of fused-ring (bicyclic) bond motifs is 1. The summed E-state index contributed by atoms with van der Waals surface area (Å²) in [4.78, 5) is 27.4. The third-order valence-electron chi connectivity index (χ3n) is 3.86. The van der Waals surface area contributed by atoms with E-state index in [0.717, 1.165) is 11.1 Å². The highest BCUT2D eigenvalue weighted by atomic mass is 32.1. The average molecular weight is 340 g/mol. The fraction of sp³-hybridized carbons (Fsp3) is 0.167. The molecule has 0 aliphatic rings. The summed E-state index contributed by atoms with van der Waals surface area (Å²) in [6.07, 6.45) is 0. The number of ether oxygens (including phenoxy) is 1. The van der Waals surface area contributed by atoms with E-state index in [0.29, 0.717) is 27.8 Å². The molecule has 5 nitrogen and oxygen atoms in total. The number of carbonyl (C=O) groups excluding carboxylic acids is 1. The number of nitrogens with one attached hydrogen (secondary N) is 1. The summed E-state index contributed by atoms with van der Waals surface area (Å²) >= 11 is 5.32. The van der Waals surface area contributed by atoms with Gasteiger partial charge in [-0.2, -0.15) is 0 Å². The zero-order chi connectivity index (χ0) is 17.3. The first-order chi connectivity index (χ1) is 11.5. The van der Waals surface area contributed by atoms with E-state index in [9.17, 15) is 9.59 Å². The van der Waals surface area contributed by atoms with Crippen molar-refractivity contribution in [2.45, 2.75) is 13.5 Å². The number of H-pyrrole nitrogens is 1. The van der Waals surface area contributed by atoms with Gasteiger partial charge in [-0.25, -0.2) is 4.79 Å². The second-order valence-electron chi connectivity index (χ2n) is 5.56. The summed E-state index contributed by atoms with van der Waals surface area (Å²) in [7, 11) is 1.31. The summed E-state index contributed by atoms with van der Waals surface area (Å²) in [6, 6.07) is 12.7. The predicted molar refractivity (Wildman–Crippen MR) is 95.0 cm³/mol. The van der Waals surface area contributed by atoms with E-state index in [1.54, 1.807) is 18.2 Å². The number of hydrogen-bond donors (Lipinski definition) is 1. The summed E-state index contributed by atoms with van der Waals surface area (Å²) in [5, 5.41) is 0.475. The van der Waals surface area contributed by atoms with Crippen LogP contribution in [-0.4, -0.2) is 22.6 Å². The van der Waals surface area contributed by atoms with Crippen molar-refractivity contribution < 1.29 is 9.53 Å². The Morgan fingerprint density at radius 2 is 1.92 bits per heavy atom. The number of nitrogens with zero attached hydrogens (tertiary/aromatic N) is 1. The number of esters is 1. The lowest BCUT2D eigenvalue weighted by Gasteiger charge is -2.09. The molecule has 3 aromatic rings. The van der Waals surface area contributed by atoms with Crippen LogP contribution in [0.1, 0.15) is 21.5 Å². The van der Waals surface area contributed by atoms with E-state index >= 15 is 0 Å². The van der Waals surface area contributed by atoms with Crippen LogP contribution in [0.15, 0.2) is 47.3 Å². The Labute approximate surface area is 143 Å². The van der Waals surface area contributed by atoms with Gasteiger partial charge >= 0.3 is 5.97 Å². The standard InChI is InChI=1S/C18H16N2O3S/c1-11-3-5-12(6-4-11)10-20-16(21)14-8-7-13(17(22)23-2)9-15(14)19-18(20)24/h3-9H,10H2,1-2H3,(H,19,24). The quantitative estimate of drug-likeness (QED) is 0.587. The molecule has 0 aliphatic heterocycles. The Bertz CT molecular complexity index is 1030. The monoisotopic (exact) mass is 340 g/mol. The van der Waals surface area contributed by atoms with Crippen LogP contribution < -0.4 is 5.56 Å². The molecule has 3 rings (SSSR count). The lowest BCUT2D eigenvalue weighted by molar-refractivity contribution is 0.0601. The number of carbonyl (C=O) groups is 1. The van der Waals surface area contributed by atoms with Crippen LogP contribution in [0.4, 0.5) is 0 Å². The molecule has 0 atom stereocenters. The maximum atomic E-state index is 12.7. The lowest BCUT2D eigenvalue weighted by atomic mass is 10.1. The van der Waals surface area contributed by atoms with Crippen LogP contribution in [0.25, 0.3) is 10.9 Å².